The van der Waals surface area contributed by atoms with Crippen LogP contribution in [0.3, 0.4) is 0 Å². The molecule has 0 aliphatic heterocycles. The van der Waals surface area contributed by atoms with E-state index in [2.05, 4.69) is 12.2 Å². The normalized spacial score (nSPS) is 29.3. The van der Waals surface area contributed by atoms with Crippen molar-refractivity contribution < 1.29 is 9.90 Å². The van der Waals surface area contributed by atoms with Crippen LogP contribution in [0.4, 0.5) is 0 Å². The van der Waals surface area contributed by atoms with Gasteiger partial charge in [-0.2, -0.15) is 0 Å². The standard InChI is InChI=1S/C11H18O2/c1-2-3-4-9-5-7-10(8-6-9)11(12)13/h2-3,9-10H,4-8H2,1H3,(H,12,13). The molecule has 0 atom stereocenters. The van der Waals surface area contributed by atoms with Crippen molar-refractivity contribution in [1.29, 1.82) is 0 Å². The number of rotatable bonds is 3. The van der Waals surface area contributed by atoms with E-state index in [0.29, 0.717) is 0 Å². The summed E-state index contributed by atoms with van der Waals surface area (Å²) in [6.07, 6.45) is 9.30. The number of carboxylic acids is 1. The third-order valence-corrected chi connectivity index (χ3v) is 2.90. The van der Waals surface area contributed by atoms with Crippen molar-refractivity contribution in [3.05, 3.63) is 12.2 Å². The first-order chi connectivity index (χ1) is 6.24. The van der Waals surface area contributed by atoms with Crippen molar-refractivity contribution in [2.45, 2.75) is 39.0 Å². The van der Waals surface area contributed by atoms with E-state index in [4.69, 9.17) is 5.11 Å². The maximum Gasteiger partial charge on any atom is 0.306 e. The van der Waals surface area contributed by atoms with Gasteiger partial charge in [0.25, 0.3) is 0 Å². The molecule has 0 radical (unpaired) electrons. The van der Waals surface area contributed by atoms with E-state index in [1.54, 1.807) is 0 Å². The lowest BCUT2D eigenvalue weighted by Gasteiger charge is -2.24. The van der Waals surface area contributed by atoms with Gasteiger partial charge in [0.05, 0.1) is 5.92 Å². The number of carbonyl (C=O) groups is 1. The van der Waals surface area contributed by atoms with Crippen molar-refractivity contribution in [3.63, 3.8) is 0 Å². The summed E-state index contributed by atoms with van der Waals surface area (Å²) in [5.74, 6) is 0.0538. The predicted molar refractivity (Wildman–Crippen MR) is 52.5 cm³/mol. The predicted octanol–water partition coefficient (Wildman–Crippen LogP) is 2.84. The summed E-state index contributed by atoms with van der Waals surface area (Å²) in [7, 11) is 0. The molecule has 1 rings (SSSR count). The largest absolute Gasteiger partial charge is 0.481 e. The van der Waals surface area contributed by atoms with Crippen molar-refractivity contribution in [1.82, 2.24) is 0 Å². The van der Waals surface area contributed by atoms with Crippen LogP contribution in [0.25, 0.3) is 0 Å². The van der Waals surface area contributed by atoms with Crippen molar-refractivity contribution >= 4 is 5.97 Å². The maximum atomic E-state index is 10.7. The molecule has 74 valence electrons. The number of hydrogen-bond donors (Lipinski definition) is 1. The molecule has 0 saturated heterocycles. The molecular formula is C11H18O2. The monoisotopic (exact) mass is 182 g/mol. The molecule has 0 aromatic carbocycles. The molecule has 2 nitrogen and oxygen atoms in total. The molecule has 0 amide bonds. The van der Waals surface area contributed by atoms with E-state index in [1.807, 2.05) is 6.92 Å². The van der Waals surface area contributed by atoms with Gasteiger partial charge in [-0.3, -0.25) is 4.79 Å². The number of hydrogen-bond acceptors (Lipinski definition) is 1. The minimum atomic E-state index is -0.607. The Hall–Kier alpha value is -0.790. The van der Waals surface area contributed by atoms with E-state index >= 15 is 0 Å². The molecule has 2 heteroatoms. The molecule has 0 spiro atoms. The van der Waals surface area contributed by atoms with Gasteiger partial charge in [-0.1, -0.05) is 12.2 Å². The maximum absolute atomic E-state index is 10.7. The zero-order valence-electron chi connectivity index (χ0n) is 8.20. The molecule has 0 heterocycles. The van der Waals surface area contributed by atoms with Gasteiger partial charge in [0.1, 0.15) is 0 Å². The highest BCUT2D eigenvalue weighted by Gasteiger charge is 2.24. The van der Waals surface area contributed by atoms with E-state index in [0.717, 1.165) is 38.0 Å². The first-order valence-electron chi connectivity index (χ1n) is 5.08. The van der Waals surface area contributed by atoms with Gasteiger partial charge in [-0.25, -0.2) is 0 Å². The molecular weight excluding hydrogens is 164 g/mol. The van der Waals surface area contributed by atoms with Gasteiger partial charge in [0.15, 0.2) is 0 Å². The molecule has 0 unspecified atom stereocenters. The summed E-state index contributed by atoms with van der Waals surface area (Å²) in [4.78, 5) is 10.7. The second kappa shape index (κ2) is 5.05. The van der Waals surface area contributed by atoms with Crippen LogP contribution >= 0.6 is 0 Å². The Bertz CT molecular complexity index is 188. The SMILES string of the molecule is CC=CCC1CCC(C(=O)O)CC1. The Labute approximate surface area is 79.6 Å². The minimum Gasteiger partial charge on any atom is -0.481 e. The molecule has 1 fully saturated rings. The smallest absolute Gasteiger partial charge is 0.306 e. The lowest BCUT2D eigenvalue weighted by Crippen LogP contribution is -2.21. The summed E-state index contributed by atoms with van der Waals surface area (Å²) in [5.41, 5.74) is 0. The van der Waals surface area contributed by atoms with Gasteiger partial charge in [0, 0.05) is 0 Å². The quantitative estimate of drug-likeness (QED) is 0.681. The average Bonchev–Trinajstić information content (AvgIpc) is 2.15. The summed E-state index contributed by atoms with van der Waals surface area (Å²) in [5, 5.41) is 8.79. The highest BCUT2D eigenvalue weighted by molar-refractivity contribution is 5.69. The average molecular weight is 182 g/mol. The number of allylic oxidation sites excluding steroid dienone is 2. The second-order valence-corrected chi connectivity index (χ2v) is 3.86. The lowest BCUT2D eigenvalue weighted by atomic mass is 9.80. The van der Waals surface area contributed by atoms with Crippen LogP contribution in [0.5, 0.6) is 0 Å². The lowest BCUT2D eigenvalue weighted by molar-refractivity contribution is -0.143. The van der Waals surface area contributed by atoms with E-state index < -0.39 is 5.97 Å². The summed E-state index contributed by atoms with van der Waals surface area (Å²) in [6, 6.07) is 0. The van der Waals surface area contributed by atoms with Crippen molar-refractivity contribution in [2.24, 2.45) is 11.8 Å². The number of aliphatic carboxylic acids is 1. The van der Waals surface area contributed by atoms with E-state index in [-0.39, 0.29) is 5.92 Å². The molecule has 0 aromatic heterocycles. The minimum absolute atomic E-state index is 0.0677. The Kier molecular flexibility index (Phi) is 4.00. The highest BCUT2D eigenvalue weighted by Crippen LogP contribution is 2.30. The number of carboxylic acid groups (broad SMARTS) is 1. The Morgan fingerprint density at radius 3 is 2.46 bits per heavy atom. The van der Waals surface area contributed by atoms with Crippen LogP contribution in [0.15, 0.2) is 12.2 Å². The third kappa shape index (κ3) is 3.21. The van der Waals surface area contributed by atoms with E-state index in [9.17, 15) is 4.79 Å². The third-order valence-electron chi connectivity index (χ3n) is 2.90. The zero-order valence-corrected chi connectivity index (χ0v) is 8.20. The van der Waals surface area contributed by atoms with Gasteiger partial charge in [-0.15, -0.1) is 0 Å². The van der Waals surface area contributed by atoms with Crippen molar-refractivity contribution in [2.75, 3.05) is 0 Å². The van der Waals surface area contributed by atoms with Crippen LogP contribution < -0.4 is 0 Å². The van der Waals surface area contributed by atoms with Gasteiger partial charge >= 0.3 is 5.97 Å². The first kappa shape index (κ1) is 10.3. The fraction of sp³-hybridized carbons (Fsp3) is 0.727. The van der Waals surface area contributed by atoms with E-state index in [1.165, 1.54) is 0 Å². The molecule has 1 saturated carbocycles. The summed E-state index contributed by atoms with van der Waals surface area (Å²) < 4.78 is 0. The highest BCUT2D eigenvalue weighted by atomic mass is 16.4. The van der Waals surface area contributed by atoms with Gasteiger partial charge in [0.2, 0.25) is 0 Å². The Morgan fingerprint density at radius 1 is 1.38 bits per heavy atom. The Balaban J connectivity index is 2.26. The van der Waals surface area contributed by atoms with Crippen LogP contribution in [0, 0.1) is 11.8 Å². The fourth-order valence-electron chi connectivity index (χ4n) is 1.97. The molecule has 0 bridgehead atoms. The fourth-order valence-corrected chi connectivity index (χ4v) is 1.97. The summed E-state index contributed by atoms with van der Waals surface area (Å²) in [6.45, 7) is 2.03. The van der Waals surface area contributed by atoms with Crippen molar-refractivity contribution in [3.8, 4) is 0 Å². The second-order valence-electron chi connectivity index (χ2n) is 3.86. The van der Waals surface area contributed by atoms with Crippen LogP contribution in [-0.4, -0.2) is 11.1 Å². The first-order valence-corrected chi connectivity index (χ1v) is 5.08. The molecule has 0 aromatic rings. The topological polar surface area (TPSA) is 37.3 Å². The van der Waals surface area contributed by atoms with Crippen LogP contribution in [-0.2, 0) is 4.79 Å². The summed E-state index contributed by atoms with van der Waals surface area (Å²) >= 11 is 0. The molecule has 1 N–H and O–H groups in total. The van der Waals surface area contributed by atoms with Gasteiger partial charge in [-0.05, 0) is 44.9 Å². The molecule has 1 aliphatic rings. The van der Waals surface area contributed by atoms with Crippen LogP contribution in [0.2, 0.25) is 0 Å². The van der Waals surface area contributed by atoms with Crippen LogP contribution in [0.1, 0.15) is 39.0 Å². The molecule has 13 heavy (non-hydrogen) atoms. The zero-order chi connectivity index (χ0) is 9.68. The van der Waals surface area contributed by atoms with Gasteiger partial charge < -0.3 is 5.11 Å². The Morgan fingerprint density at radius 2 is 2.00 bits per heavy atom. The molecule has 1 aliphatic carbocycles.